The normalized spacial score (nSPS) is 15.4. The first-order chi connectivity index (χ1) is 8.31. The highest BCUT2D eigenvalue weighted by Gasteiger charge is 2.28. The monoisotopic (exact) mass is 234 g/mol. The molecule has 0 bridgehead atoms. The van der Waals surface area contributed by atoms with Crippen LogP contribution in [0.25, 0.3) is 0 Å². The van der Waals surface area contributed by atoms with Crippen molar-refractivity contribution in [3.8, 4) is 0 Å². The van der Waals surface area contributed by atoms with E-state index in [-0.39, 0.29) is 12.5 Å². The van der Waals surface area contributed by atoms with Crippen molar-refractivity contribution in [1.29, 1.82) is 0 Å². The quantitative estimate of drug-likeness (QED) is 0.827. The number of aromatic nitrogens is 1. The van der Waals surface area contributed by atoms with Gasteiger partial charge >= 0.3 is 0 Å². The third-order valence-electron chi connectivity index (χ3n) is 3.25. The van der Waals surface area contributed by atoms with Gasteiger partial charge in [-0.1, -0.05) is 6.07 Å². The molecule has 1 aliphatic carbocycles. The molecule has 0 aromatic carbocycles. The zero-order chi connectivity index (χ0) is 12.1. The summed E-state index contributed by atoms with van der Waals surface area (Å²) < 4.78 is 0. The third-order valence-corrected chi connectivity index (χ3v) is 3.25. The van der Waals surface area contributed by atoms with E-state index in [4.69, 9.17) is 5.11 Å². The minimum atomic E-state index is 0.0370. The first-order valence-electron chi connectivity index (χ1n) is 6.10. The van der Waals surface area contributed by atoms with Gasteiger partial charge in [0.2, 0.25) is 5.91 Å². The van der Waals surface area contributed by atoms with Gasteiger partial charge in [0.15, 0.2) is 0 Å². The Bertz CT molecular complexity index is 363. The van der Waals surface area contributed by atoms with Crippen LogP contribution in [0.4, 0.5) is 0 Å². The van der Waals surface area contributed by atoms with Crippen molar-refractivity contribution in [3.05, 3.63) is 30.1 Å². The Balaban J connectivity index is 1.96. The Hall–Kier alpha value is -1.42. The van der Waals surface area contributed by atoms with Gasteiger partial charge in [-0.3, -0.25) is 9.78 Å². The van der Waals surface area contributed by atoms with Crippen LogP contribution in [0.5, 0.6) is 0 Å². The minimum Gasteiger partial charge on any atom is -0.395 e. The van der Waals surface area contributed by atoms with Crippen LogP contribution in [0.1, 0.15) is 24.8 Å². The Morgan fingerprint density at radius 2 is 2.35 bits per heavy atom. The molecular formula is C13H18N2O2. The minimum absolute atomic E-state index is 0.0370. The second-order valence-electron chi connectivity index (χ2n) is 4.43. The van der Waals surface area contributed by atoms with Crippen LogP contribution in [0, 0.1) is 0 Å². The molecule has 0 radical (unpaired) electrons. The average Bonchev–Trinajstić information content (AvgIpc) is 2.27. The molecule has 17 heavy (non-hydrogen) atoms. The third kappa shape index (κ3) is 3.03. The zero-order valence-electron chi connectivity index (χ0n) is 9.88. The molecule has 1 aromatic rings. The number of pyridine rings is 1. The fourth-order valence-corrected chi connectivity index (χ4v) is 2.10. The molecule has 1 amide bonds. The van der Waals surface area contributed by atoms with Gasteiger partial charge < -0.3 is 10.0 Å². The summed E-state index contributed by atoms with van der Waals surface area (Å²) in [7, 11) is 0. The number of hydrogen-bond acceptors (Lipinski definition) is 3. The summed E-state index contributed by atoms with van der Waals surface area (Å²) in [5, 5.41) is 9.01. The van der Waals surface area contributed by atoms with Crippen molar-refractivity contribution in [2.45, 2.75) is 31.7 Å². The van der Waals surface area contributed by atoms with Crippen LogP contribution in [0.15, 0.2) is 24.5 Å². The molecule has 1 N–H and O–H groups in total. The topological polar surface area (TPSA) is 53.4 Å². The molecule has 0 unspecified atom stereocenters. The highest BCUT2D eigenvalue weighted by atomic mass is 16.3. The molecule has 4 heteroatoms. The van der Waals surface area contributed by atoms with Crippen molar-refractivity contribution in [2.24, 2.45) is 0 Å². The van der Waals surface area contributed by atoms with E-state index in [0.717, 1.165) is 18.4 Å². The van der Waals surface area contributed by atoms with Crippen LogP contribution in [0.3, 0.4) is 0 Å². The largest absolute Gasteiger partial charge is 0.395 e. The summed E-state index contributed by atoms with van der Waals surface area (Å²) in [6.07, 6.45) is 7.12. The van der Waals surface area contributed by atoms with E-state index in [2.05, 4.69) is 4.98 Å². The van der Waals surface area contributed by atoms with Gasteiger partial charge in [0, 0.05) is 25.0 Å². The second-order valence-corrected chi connectivity index (χ2v) is 4.43. The first-order valence-corrected chi connectivity index (χ1v) is 6.10. The fraction of sp³-hybridized carbons (Fsp3) is 0.538. The van der Waals surface area contributed by atoms with Gasteiger partial charge in [-0.2, -0.15) is 0 Å². The Kier molecular flexibility index (Phi) is 4.09. The number of amides is 1. The maximum absolute atomic E-state index is 12.1. The summed E-state index contributed by atoms with van der Waals surface area (Å²) in [4.78, 5) is 17.9. The standard InChI is InChI=1S/C13H18N2O2/c16-8-7-15(12-4-1-5-12)13(17)9-11-3-2-6-14-10-11/h2-3,6,10,12,16H,1,4-5,7-9H2. The average molecular weight is 234 g/mol. The van der Waals surface area contributed by atoms with Gasteiger partial charge in [0.25, 0.3) is 0 Å². The van der Waals surface area contributed by atoms with Gasteiger partial charge in [0.05, 0.1) is 13.0 Å². The molecule has 1 aliphatic rings. The Morgan fingerprint density at radius 1 is 1.53 bits per heavy atom. The fourth-order valence-electron chi connectivity index (χ4n) is 2.10. The number of carbonyl (C=O) groups is 1. The number of rotatable bonds is 5. The van der Waals surface area contributed by atoms with E-state index >= 15 is 0 Å². The molecule has 2 rings (SSSR count). The van der Waals surface area contributed by atoms with Crippen molar-refractivity contribution < 1.29 is 9.90 Å². The SMILES string of the molecule is O=C(Cc1cccnc1)N(CCO)C1CCC1. The van der Waals surface area contributed by atoms with Crippen molar-refractivity contribution in [2.75, 3.05) is 13.2 Å². The molecule has 4 nitrogen and oxygen atoms in total. The number of aliphatic hydroxyl groups excluding tert-OH is 1. The molecule has 92 valence electrons. The Morgan fingerprint density at radius 3 is 2.88 bits per heavy atom. The lowest BCUT2D eigenvalue weighted by Crippen LogP contribution is -2.46. The molecule has 0 spiro atoms. The van der Waals surface area contributed by atoms with Crippen molar-refractivity contribution >= 4 is 5.91 Å². The van der Waals surface area contributed by atoms with Crippen molar-refractivity contribution in [3.63, 3.8) is 0 Å². The lowest BCUT2D eigenvalue weighted by Gasteiger charge is -2.37. The van der Waals surface area contributed by atoms with Gasteiger partial charge in [0.1, 0.15) is 0 Å². The summed E-state index contributed by atoms with van der Waals surface area (Å²) in [5.74, 6) is 0.0942. The van der Waals surface area contributed by atoms with Gasteiger partial charge in [-0.05, 0) is 30.9 Å². The maximum atomic E-state index is 12.1. The highest BCUT2D eigenvalue weighted by molar-refractivity contribution is 5.79. The van der Waals surface area contributed by atoms with Crippen LogP contribution >= 0.6 is 0 Å². The number of carbonyl (C=O) groups excluding carboxylic acids is 1. The van der Waals surface area contributed by atoms with Gasteiger partial charge in [-0.15, -0.1) is 0 Å². The first kappa shape index (κ1) is 12.0. The van der Waals surface area contributed by atoms with Crippen LogP contribution < -0.4 is 0 Å². The molecule has 0 atom stereocenters. The second kappa shape index (κ2) is 5.77. The molecule has 1 aromatic heterocycles. The van der Waals surface area contributed by atoms with Crippen molar-refractivity contribution in [1.82, 2.24) is 9.88 Å². The number of hydrogen-bond donors (Lipinski definition) is 1. The van der Waals surface area contributed by atoms with E-state index in [9.17, 15) is 4.79 Å². The number of aliphatic hydroxyl groups is 1. The van der Waals surface area contributed by atoms with Crippen LogP contribution in [-0.2, 0) is 11.2 Å². The van der Waals surface area contributed by atoms with E-state index in [1.54, 1.807) is 12.4 Å². The van der Waals surface area contributed by atoms with Crippen LogP contribution in [-0.4, -0.2) is 40.1 Å². The van der Waals surface area contributed by atoms with Gasteiger partial charge in [-0.25, -0.2) is 0 Å². The Labute approximate surface area is 101 Å². The lowest BCUT2D eigenvalue weighted by atomic mass is 9.91. The summed E-state index contributed by atoms with van der Waals surface area (Å²) in [6.45, 7) is 0.485. The predicted molar refractivity (Wildman–Crippen MR) is 64.4 cm³/mol. The molecule has 1 fully saturated rings. The number of nitrogens with zero attached hydrogens (tertiary/aromatic N) is 2. The maximum Gasteiger partial charge on any atom is 0.227 e. The predicted octanol–water partition coefficient (Wildman–Crippen LogP) is 0.998. The summed E-state index contributed by atoms with van der Waals surface area (Å²) >= 11 is 0. The van der Waals surface area contributed by atoms with Crippen LogP contribution in [0.2, 0.25) is 0 Å². The molecule has 0 aliphatic heterocycles. The zero-order valence-corrected chi connectivity index (χ0v) is 9.88. The van der Waals surface area contributed by atoms with E-state index < -0.39 is 0 Å². The lowest BCUT2D eigenvalue weighted by molar-refractivity contribution is -0.135. The summed E-state index contributed by atoms with van der Waals surface area (Å²) in [5.41, 5.74) is 0.930. The molecule has 1 saturated carbocycles. The van der Waals surface area contributed by atoms with E-state index in [1.165, 1.54) is 6.42 Å². The van der Waals surface area contributed by atoms with E-state index in [1.807, 2.05) is 17.0 Å². The van der Waals surface area contributed by atoms with E-state index in [0.29, 0.717) is 19.0 Å². The summed E-state index contributed by atoms with van der Waals surface area (Å²) in [6, 6.07) is 4.08. The molecule has 0 saturated heterocycles. The molecule has 1 heterocycles. The highest BCUT2D eigenvalue weighted by Crippen LogP contribution is 2.25. The smallest absolute Gasteiger partial charge is 0.227 e. The molecular weight excluding hydrogens is 216 g/mol.